The highest BCUT2D eigenvalue weighted by Crippen LogP contribution is 2.25. The molecule has 0 aliphatic carbocycles. The van der Waals surface area contributed by atoms with Gasteiger partial charge in [-0.25, -0.2) is 9.48 Å². The molecule has 8 heteroatoms. The Morgan fingerprint density at radius 2 is 2.05 bits per heavy atom. The van der Waals surface area contributed by atoms with Gasteiger partial charge in [0.25, 0.3) is 0 Å². The third-order valence-corrected chi connectivity index (χ3v) is 3.48. The number of aromatic nitrogens is 3. The maximum Gasteiger partial charge on any atom is 0.358 e. The Balaban J connectivity index is 1.94. The third-order valence-electron chi connectivity index (χ3n) is 3.48. The molecule has 0 unspecified atom stereocenters. The largest absolute Gasteiger partial charge is 0.476 e. The van der Waals surface area contributed by atoms with Crippen molar-refractivity contribution in [2.45, 2.75) is 32.9 Å². The second-order valence-electron chi connectivity index (χ2n) is 6.13. The summed E-state index contributed by atoms with van der Waals surface area (Å²) in [6.45, 7) is 6.71. The lowest BCUT2D eigenvalue weighted by Gasteiger charge is -2.42. The lowest BCUT2D eigenvalue weighted by atomic mass is 9.86. The highest BCUT2D eigenvalue weighted by Gasteiger charge is 2.38. The number of carbonyl (C=O) groups is 2. The molecule has 1 aliphatic rings. The molecular formula is C12H19N5O3. The first-order chi connectivity index (χ1) is 9.20. The van der Waals surface area contributed by atoms with Gasteiger partial charge in [-0.2, -0.15) is 0 Å². The Morgan fingerprint density at radius 1 is 1.45 bits per heavy atom. The summed E-state index contributed by atoms with van der Waals surface area (Å²) in [4.78, 5) is 24.5. The number of aromatic carboxylic acids is 1. The van der Waals surface area contributed by atoms with E-state index < -0.39 is 12.0 Å². The highest BCUT2D eigenvalue weighted by atomic mass is 16.4. The minimum Gasteiger partial charge on any atom is -0.476 e. The number of amides is 1. The molecule has 1 atom stereocenters. The molecule has 1 amide bonds. The first kappa shape index (κ1) is 14.4. The van der Waals surface area contributed by atoms with Gasteiger partial charge in [-0.1, -0.05) is 26.0 Å². The Bertz CT molecular complexity index is 527. The number of rotatable bonds is 3. The molecule has 2 rings (SSSR count). The average Bonchev–Trinajstić information content (AvgIpc) is 2.73. The summed E-state index contributed by atoms with van der Waals surface area (Å²) in [6, 6.07) is -0.583. The lowest BCUT2D eigenvalue weighted by molar-refractivity contribution is -0.141. The number of likely N-dealkylation sites (tertiary alicyclic amines) is 1. The molecule has 3 N–H and O–H groups in total. The van der Waals surface area contributed by atoms with Crippen molar-refractivity contribution in [1.29, 1.82) is 0 Å². The molecule has 20 heavy (non-hydrogen) atoms. The molecule has 110 valence electrons. The van der Waals surface area contributed by atoms with Gasteiger partial charge in [-0.15, -0.1) is 5.10 Å². The van der Waals surface area contributed by atoms with Gasteiger partial charge in [0.15, 0.2) is 5.69 Å². The zero-order valence-corrected chi connectivity index (χ0v) is 11.8. The van der Waals surface area contributed by atoms with E-state index in [1.165, 1.54) is 10.9 Å². The second-order valence-corrected chi connectivity index (χ2v) is 6.13. The molecule has 0 saturated carbocycles. The van der Waals surface area contributed by atoms with E-state index in [1.54, 1.807) is 4.90 Å². The zero-order valence-electron chi connectivity index (χ0n) is 11.8. The summed E-state index contributed by atoms with van der Waals surface area (Å²) >= 11 is 0. The minimum absolute atomic E-state index is 0.0354. The third kappa shape index (κ3) is 2.64. The van der Waals surface area contributed by atoms with Gasteiger partial charge in [0, 0.05) is 13.1 Å². The molecule has 1 fully saturated rings. The highest BCUT2D eigenvalue weighted by molar-refractivity contribution is 5.85. The second kappa shape index (κ2) is 4.86. The summed E-state index contributed by atoms with van der Waals surface area (Å²) < 4.78 is 1.48. The summed E-state index contributed by atoms with van der Waals surface area (Å²) in [5.74, 6) is -1.20. The molecule has 1 aromatic heterocycles. The van der Waals surface area contributed by atoms with Crippen LogP contribution in [0.1, 0.15) is 37.3 Å². The van der Waals surface area contributed by atoms with Crippen LogP contribution in [0.5, 0.6) is 0 Å². The Morgan fingerprint density at radius 3 is 2.50 bits per heavy atom. The summed E-state index contributed by atoms with van der Waals surface area (Å²) in [7, 11) is 0. The van der Waals surface area contributed by atoms with Crippen molar-refractivity contribution in [2.75, 3.05) is 13.1 Å². The molecule has 1 aromatic rings. The van der Waals surface area contributed by atoms with Crippen molar-refractivity contribution in [3.8, 4) is 0 Å². The van der Waals surface area contributed by atoms with E-state index in [2.05, 4.69) is 10.3 Å². The molecular weight excluding hydrogens is 262 g/mol. The molecule has 2 heterocycles. The van der Waals surface area contributed by atoms with Gasteiger partial charge in [0.2, 0.25) is 5.91 Å². The number of carboxylic acids is 1. The number of carboxylic acid groups (broad SMARTS) is 1. The van der Waals surface area contributed by atoms with Crippen LogP contribution >= 0.6 is 0 Å². The molecule has 0 spiro atoms. The van der Waals surface area contributed by atoms with Crippen LogP contribution in [0.3, 0.4) is 0 Å². The van der Waals surface area contributed by atoms with Crippen molar-refractivity contribution in [1.82, 2.24) is 19.9 Å². The molecule has 0 bridgehead atoms. The smallest absolute Gasteiger partial charge is 0.358 e. The van der Waals surface area contributed by atoms with Crippen LogP contribution in [-0.4, -0.2) is 56.0 Å². The molecule has 8 nitrogen and oxygen atoms in total. The van der Waals surface area contributed by atoms with Gasteiger partial charge in [-0.05, 0) is 5.41 Å². The Hall–Kier alpha value is -1.96. The fraction of sp³-hybridized carbons (Fsp3) is 0.667. The normalized spacial score (nSPS) is 17.7. The quantitative estimate of drug-likeness (QED) is 0.788. The van der Waals surface area contributed by atoms with E-state index in [4.69, 9.17) is 10.8 Å². The standard InChI is InChI=1S/C12H19N5O3/c1-12(2,3)9(13)10(18)16-4-7(5-16)17-6-8(11(19)20)14-15-17/h6-7,9H,4-5,13H2,1-3H3,(H,19,20)/t9-/m1/s1. The van der Waals surface area contributed by atoms with Crippen molar-refractivity contribution in [3.05, 3.63) is 11.9 Å². The zero-order chi connectivity index (χ0) is 15.1. The predicted molar refractivity (Wildman–Crippen MR) is 70.0 cm³/mol. The van der Waals surface area contributed by atoms with Gasteiger partial charge in [-0.3, -0.25) is 4.79 Å². The van der Waals surface area contributed by atoms with E-state index >= 15 is 0 Å². The molecule has 1 saturated heterocycles. The van der Waals surface area contributed by atoms with Gasteiger partial charge < -0.3 is 15.7 Å². The first-order valence-corrected chi connectivity index (χ1v) is 6.39. The number of hydrogen-bond donors (Lipinski definition) is 2. The van der Waals surface area contributed by atoms with Crippen molar-refractivity contribution in [3.63, 3.8) is 0 Å². The molecule has 0 aromatic carbocycles. The summed E-state index contributed by atoms with van der Waals surface area (Å²) in [5.41, 5.74) is 5.55. The predicted octanol–water partition coefficient (Wildman–Crippen LogP) is -0.267. The monoisotopic (exact) mass is 281 g/mol. The van der Waals surface area contributed by atoms with Crippen LogP contribution in [0.25, 0.3) is 0 Å². The Labute approximate surface area is 116 Å². The molecule has 1 aliphatic heterocycles. The van der Waals surface area contributed by atoms with Crippen molar-refractivity contribution in [2.24, 2.45) is 11.1 Å². The summed E-state index contributed by atoms with van der Waals surface area (Å²) in [5, 5.41) is 16.1. The van der Waals surface area contributed by atoms with Crippen LogP contribution in [0.4, 0.5) is 0 Å². The summed E-state index contributed by atoms with van der Waals surface area (Å²) in [6.07, 6.45) is 1.37. The maximum absolute atomic E-state index is 12.1. The molecule has 0 radical (unpaired) electrons. The fourth-order valence-electron chi connectivity index (χ4n) is 1.92. The lowest BCUT2D eigenvalue weighted by Crippen LogP contribution is -2.58. The fourth-order valence-corrected chi connectivity index (χ4v) is 1.92. The number of nitrogens with two attached hydrogens (primary N) is 1. The van der Waals surface area contributed by atoms with E-state index in [0.717, 1.165) is 0 Å². The van der Waals surface area contributed by atoms with Crippen LogP contribution < -0.4 is 5.73 Å². The number of nitrogens with zero attached hydrogens (tertiary/aromatic N) is 4. The first-order valence-electron chi connectivity index (χ1n) is 6.39. The van der Waals surface area contributed by atoms with Crippen molar-refractivity contribution < 1.29 is 14.7 Å². The van der Waals surface area contributed by atoms with Gasteiger partial charge >= 0.3 is 5.97 Å². The maximum atomic E-state index is 12.1. The van der Waals surface area contributed by atoms with Gasteiger partial charge in [0.05, 0.1) is 18.3 Å². The van der Waals surface area contributed by atoms with E-state index in [-0.39, 0.29) is 23.1 Å². The van der Waals surface area contributed by atoms with Crippen LogP contribution in [0, 0.1) is 5.41 Å². The topological polar surface area (TPSA) is 114 Å². The van der Waals surface area contributed by atoms with E-state index in [0.29, 0.717) is 13.1 Å². The van der Waals surface area contributed by atoms with E-state index in [9.17, 15) is 9.59 Å². The van der Waals surface area contributed by atoms with Crippen LogP contribution in [0.2, 0.25) is 0 Å². The van der Waals surface area contributed by atoms with E-state index in [1.807, 2.05) is 20.8 Å². The van der Waals surface area contributed by atoms with Crippen LogP contribution in [0.15, 0.2) is 6.20 Å². The SMILES string of the molecule is CC(C)(C)[C@H](N)C(=O)N1CC(n2cc(C(=O)O)nn2)C1. The van der Waals surface area contributed by atoms with Crippen LogP contribution in [-0.2, 0) is 4.79 Å². The average molecular weight is 281 g/mol. The van der Waals surface area contributed by atoms with Crippen molar-refractivity contribution >= 4 is 11.9 Å². The number of carbonyl (C=O) groups excluding carboxylic acids is 1. The Kier molecular flexibility index (Phi) is 3.51. The minimum atomic E-state index is -1.11. The van der Waals surface area contributed by atoms with Gasteiger partial charge in [0.1, 0.15) is 0 Å². The number of hydrogen-bond acceptors (Lipinski definition) is 5.